The highest BCUT2D eigenvalue weighted by atomic mass is 35.5. The van der Waals surface area contributed by atoms with Crippen molar-refractivity contribution >= 4 is 52.4 Å². The summed E-state index contributed by atoms with van der Waals surface area (Å²) in [4.78, 5) is 51.7. The summed E-state index contributed by atoms with van der Waals surface area (Å²) in [5.41, 5.74) is 3.08. The van der Waals surface area contributed by atoms with Gasteiger partial charge in [-0.15, -0.1) is 0 Å². The third kappa shape index (κ3) is 6.18. The number of nitrogens with one attached hydrogen (secondary N) is 2. The molecule has 3 aromatic rings. The van der Waals surface area contributed by atoms with Crippen LogP contribution in [0.25, 0.3) is 0 Å². The molecule has 0 bridgehead atoms. The molecule has 0 aromatic heterocycles. The third-order valence-electron chi connectivity index (χ3n) is 6.06. The second-order valence-electron chi connectivity index (χ2n) is 9.25. The number of rotatable bonds is 9. The summed E-state index contributed by atoms with van der Waals surface area (Å²) in [7, 11) is 0. The summed E-state index contributed by atoms with van der Waals surface area (Å²) in [5, 5.41) is 5.44. The first-order chi connectivity index (χ1) is 18.7. The van der Waals surface area contributed by atoms with E-state index in [1.54, 1.807) is 60.7 Å². The van der Waals surface area contributed by atoms with Crippen molar-refractivity contribution < 1.29 is 23.9 Å². The molecule has 9 heteroatoms. The summed E-state index contributed by atoms with van der Waals surface area (Å²) in [5.74, 6) is -1.71. The lowest BCUT2D eigenvalue weighted by Crippen LogP contribution is -2.32. The highest BCUT2D eigenvalue weighted by Crippen LogP contribution is 2.31. The number of benzene rings is 3. The minimum atomic E-state index is -0.613. The number of carbonyl (C=O) groups is 4. The lowest BCUT2D eigenvalue weighted by molar-refractivity contribution is -0.120. The second-order valence-corrected chi connectivity index (χ2v) is 9.63. The molecule has 3 aromatic carbocycles. The van der Waals surface area contributed by atoms with Crippen molar-refractivity contribution in [1.29, 1.82) is 0 Å². The predicted octanol–water partition coefficient (Wildman–Crippen LogP) is 6.06. The third-order valence-corrected chi connectivity index (χ3v) is 6.41. The van der Waals surface area contributed by atoms with E-state index in [4.69, 9.17) is 16.3 Å². The number of carbonyl (C=O) groups excluding carboxylic acids is 4. The Hall–Kier alpha value is -4.43. The van der Waals surface area contributed by atoms with E-state index < -0.39 is 17.8 Å². The maximum Gasteiger partial charge on any atom is 0.338 e. The van der Waals surface area contributed by atoms with Crippen LogP contribution in [0, 0.1) is 0 Å². The first-order valence-electron chi connectivity index (χ1n) is 12.5. The van der Waals surface area contributed by atoms with Gasteiger partial charge in [-0.2, -0.15) is 0 Å². The molecular weight excluding hydrogens is 518 g/mol. The minimum absolute atomic E-state index is 0.0430. The number of halogens is 1. The highest BCUT2D eigenvalue weighted by Gasteiger charge is 2.39. The van der Waals surface area contributed by atoms with Crippen LogP contribution in [-0.4, -0.2) is 30.3 Å². The molecule has 200 valence electrons. The first-order valence-corrected chi connectivity index (χ1v) is 12.9. The molecule has 1 heterocycles. The van der Waals surface area contributed by atoms with E-state index in [0.717, 1.165) is 10.5 Å². The van der Waals surface area contributed by atoms with Gasteiger partial charge in [0.15, 0.2) is 0 Å². The van der Waals surface area contributed by atoms with Gasteiger partial charge >= 0.3 is 5.97 Å². The van der Waals surface area contributed by atoms with Crippen molar-refractivity contribution in [2.45, 2.75) is 33.1 Å². The highest BCUT2D eigenvalue weighted by molar-refractivity contribution is 6.53. The zero-order valence-electron chi connectivity index (χ0n) is 21.8. The average molecular weight is 546 g/mol. The Morgan fingerprint density at radius 2 is 1.59 bits per heavy atom. The monoisotopic (exact) mass is 545 g/mol. The number of anilines is 3. The van der Waals surface area contributed by atoms with E-state index in [1.165, 1.54) is 0 Å². The molecule has 0 aliphatic carbocycles. The van der Waals surface area contributed by atoms with Crippen LogP contribution < -0.4 is 15.5 Å². The van der Waals surface area contributed by atoms with Crippen molar-refractivity contribution in [2.24, 2.45) is 0 Å². The van der Waals surface area contributed by atoms with Gasteiger partial charge in [-0.1, -0.05) is 50.6 Å². The van der Waals surface area contributed by atoms with Crippen LogP contribution in [0.5, 0.6) is 0 Å². The van der Waals surface area contributed by atoms with Crippen molar-refractivity contribution in [2.75, 3.05) is 22.1 Å². The quantitative estimate of drug-likeness (QED) is 0.250. The molecule has 3 amide bonds. The smallest absolute Gasteiger partial charge is 0.338 e. The standard InChI is InChI=1S/C30H28ClN3O5/c1-4-16-39-30(38)21-6-5-7-23(17-21)33-27(35)20-8-12-22(13-9-20)32-26-25(31)28(36)34(29(26)37)24-14-10-19(11-15-24)18(2)3/h5-15,17-18,32H,4,16H2,1-3H3,(H,33,35). The van der Waals surface area contributed by atoms with E-state index in [1.807, 2.05) is 19.1 Å². The van der Waals surface area contributed by atoms with Gasteiger partial charge in [-0.3, -0.25) is 14.4 Å². The molecule has 4 rings (SSSR count). The molecule has 0 fully saturated rings. The number of imide groups is 1. The van der Waals surface area contributed by atoms with Crippen LogP contribution in [0.4, 0.5) is 17.1 Å². The van der Waals surface area contributed by atoms with E-state index in [2.05, 4.69) is 24.5 Å². The van der Waals surface area contributed by atoms with Gasteiger partial charge in [0, 0.05) is 16.9 Å². The van der Waals surface area contributed by atoms with E-state index in [9.17, 15) is 19.2 Å². The van der Waals surface area contributed by atoms with Crippen molar-refractivity contribution in [1.82, 2.24) is 0 Å². The molecule has 0 saturated heterocycles. The Kier molecular flexibility index (Phi) is 8.46. The maximum absolute atomic E-state index is 13.1. The SMILES string of the molecule is CCCOC(=O)c1cccc(NC(=O)c2ccc(NC3=C(Cl)C(=O)N(c4ccc(C(C)C)cc4)C3=O)cc2)c1. The van der Waals surface area contributed by atoms with Gasteiger partial charge in [0.2, 0.25) is 0 Å². The molecule has 0 radical (unpaired) electrons. The zero-order chi connectivity index (χ0) is 28.1. The Labute approximate surface area is 231 Å². The van der Waals surface area contributed by atoms with Gasteiger partial charge < -0.3 is 15.4 Å². The Morgan fingerprint density at radius 3 is 2.23 bits per heavy atom. The molecule has 39 heavy (non-hydrogen) atoms. The minimum Gasteiger partial charge on any atom is -0.462 e. The summed E-state index contributed by atoms with van der Waals surface area (Å²) in [6, 6.07) is 20.0. The van der Waals surface area contributed by atoms with Crippen molar-refractivity contribution in [3.63, 3.8) is 0 Å². The number of ether oxygens (including phenoxy) is 1. The molecule has 8 nitrogen and oxygen atoms in total. The van der Waals surface area contributed by atoms with Gasteiger partial charge in [-0.05, 0) is 72.5 Å². The van der Waals surface area contributed by atoms with Gasteiger partial charge in [-0.25, -0.2) is 9.69 Å². The van der Waals surface area contributed by atoms with Gasteiger partial charge in [0.1, 0.15) is 10.7 Å². The normalized spacial score (nSPS) is 13.2. The summed E-state index contributed by atoms with van der Waals surface area (Å²) >= 11 is 6.24. The van der Waals surface area contributed by atoms with Crippen LogP contribution in [0.2, 0.25) is 0 Å². The van der Waals surface area contributed by atoms with Gasteiger partial charge in [0.25, 0.3) is 17.7 Å². The number of amides is 3. The molecule has 1 aliphatic heterocycles. The fourth-order valence-corrected chi connectivity index (χ4v) is 4.12. The predicted molar refractivity (Wildman–Crippen MR) is 151 cm³/mol. The lowest BCUT2D eigenvalue weighted by Gasteiger charge is -2.16. The van der Waals surface area contributed by atoms with E-state index in [0.29, 0.717) is 47.1 Å². The molecule has 0 saturated carbocycles. The van der Waals surface area contributed by atoms with Crippen LogP contribution in [0.1, 0.15) is 59.4 Å². The summed E-state index contributed by atoms with van der Waals surface area (Å²) in [6.07, 6.45) is 0.714. The number of hydrogen-bond donors (Lipinski definition) is 2. The summed E-state index contributed by atoms with van der Waals surface area (Å²) in [6.45, 7) is 6.34. The van der Waals surface area contributed by atoms with Crippen LogP contribution in [0.15, 0.2) is 83.5 Å². The van der Waals surface area contributed by atoms with E-state index in [-0.39, 0.29) is 16.6 Å². The molecule has 0 unspecified atom stereocenters. The average Bonchev–Trinajstić information content (AvgIpc) is 3.15. The first kappa shape index (κ1) is 27.6. The second kappa shape index (κ2) is 12.0. The largest absolute Gasteiger partial charge is 0.462 e. The molecular formula is C30H28ClN3O5. The van der Waals surface area contributed by atoms with Crippen molar-refractivity contribution in [3.05, 3.63) is 100 Å². The number of hydrogen-bond acceptors (Lipinski definition) is 6. The topological polar surface area (TPSA) is 105 Å². The molecule has 1 aliphatic rings. The van der Waals surface area contributed by atoms with E-state index >= 15 is 0 Å². The van der Waals surface area contributed by atoms with Crippen molar-refractivity contribution in [3.8, 4) is 0 Å². The van der Waals surface area contributed by atoms with Crippen LogP contribution >= 0.6 is 11.6 Å². The lowest BCUT2D eigenvalue weighted by atomic mass is 10.0. The van der Waals surface area contributed by atoms with Crippen LogP contribution in [-0.2, 0) is 14.3 Å². The maximum atomic E-state index is 13.1. The Balaban J connectivity index is 1.42. The fraction of sp³-hybridized carbons (Fsp3) is 0.200. The Bertz CT molecular complexity index is 1450. The number of esters is 1. The fourth-order valence-electron chi connectivity index (χ4n) is 3.91. The zero-order valence-corrected chi connectivity index (χ0v) is 22.5. The van der Waals surface area contributed by atoms with Crippen LogP contribution in [0.3, 0.4) is 0 Å². The molecule has 0 atom stereocenters. The molecule has 2 N–H and O–H groups in total. The number of nitrogens with zero attached hydrogens (tertiary/aromatic N) is 1. The summed E-state index contributed by atoms with van der Waals surface area (Å²) < 4.78 is 5.14. The molecule has 0 spiro atoms. The van der Waals surface area contributed by atoms with Gasteiger partial charge in [0.05, 0.1) is 17.9 Å². The Morgan fingerprint density at radius 1 is 0.897 bits per heavy atom.